The highest BCUT2D eigenvalue weighted by molar-refractivity contribution is 4.65. The van der Waals surface area contributed by atoms with Crippen LogP contribution in [0.2, 0.25) is 0 Å². The summed E-state index contributed by atoms with van der Waals surface area (Å²) in [4.78, 5) is 2.52. The van der Waals surface area contributed by atoms with E-state index in [-0.39, 0.29) is 0 Å². The fourth-order valence-corrected chi connectivity index (χ4v) is 2.31. The lowest BCUT2D eigenvalue weighted by Gasteiger charge is -2.26. The maximum Gasteiger partial charge on any atom is 0.00663 e. The smallest absolute Gasteiger partial charge is 0.00663 e. The molecule has 0 bridgehead atoms. The molecule has 0 fully saturated rings. The maximum absolute atomic E-state index is 3.47. The molecule has 0 aliphatic carbocycles. The van der Waals surface area contributed by atoms with Crippen LogP contribution < -0.4 is 5.32 Å². The minimum absolute atomic E-state index is 0.632. The normalized spacial score (nSPS) is 13.8. The standard InChI is InChI=1S/C16H36N2/c1-14(2)13-16(5)18(6)12-10-8-7-9-11-17-15(3)4/h14-17H,7-13H2,1-6H3. The second-order valence-corrected chi connectivity index (χ2v) is 6.48. The molecule has 0 aromatic carbocycles. The van der Waals surface area contributed by atoms with Crippen LogP contribution in [-0.4, -0.2) is 37.1 Å². The molecule has 0 heterocycles. The molecule has 1 N–H and O–H groups in total. The van der Waals surface area contributed by atoms with Crippen LogP contribution in [0.25, 0.3) is 0 Å². The Hall–Kier alpha value is -0.0800. The third kappa shape index (κ3) is 11.0. The van der Waals surface area contributed by atoms with Crippen LogP contribution in [0.5, 0.6) is 0 Å². The topological polar surface area (TPSA) is 15.3 Å². The lowest BCUT2D eigenvalue weighted by molar-refractivity contribution is 0.223. The molecule has 0 aliphatic heterocycles. The van der Waals surface area contributed by atoms with E-state index in [4.69, 9.17) is 0 Å². The molecule has 0 radical (unpaired) electrons. The van der Waals surface area contributed by atoms with Gasteiger partial charge in [-0.3, -0.25) is 0 Å². The van der Waals surface area contributed by atoms with Gasteiger partial charge in [0.15, 0.2) is 0 Å². The van der Waals surface area contributed by atoms with Crippen LogP contribution >= 0.6 is 0 Å². The first-order valence-corrected chi connectivity index (χ1v) is 7.87. The van der Waals surface area contributed by atoms with Crippen LogP contribution in [0.3, 0.4) is 0 Å². The Labute approximate surface area is 116 Å². The van der Waals surface area contributed by atoms with Gasteiger partial charge in [0.1, 0.15) is 0 Å². The van der Waals surface area contributed by atoms with Crippen LogP contribution in [-0.2, 0) is 0 Å². The highest BCUT2D eigenvalue weighted by Crippen LogP contribution is 2.10. The van der Waals surface area contributed by atoms with Crippen LogP contribution in [0.4, 0.5) is 0 Å². The zero-order chi connectivity index (χ0) is 14.0. The monoisotopic (exact) mass is 256 g/mol. The Morgan fingerprint density at radius 3 is 2.06 bits per heavy atom. The van der Waals surface area contributed by atoms with Crippen molar-refractivity contribution in [1.82, 2.24) is 10.2 Å². The van der Waals surface area contributed by atoms with Gasteiger partial charge < -0.3 is 10.2 Å². The number of unbranched alkanes of at least 4 members (excludes halogenated alkanes) is 3. The average Bonchev–Trinajstić information content (AvgIpc) is 2.26. The van der Waals surface area contributed by atoms with E-state index in [0.717, 1.165) is 12.0 Å². The van der Waals surface area contributed by atoms with Crippen LogP contribution in [0.1, 0.15) is 66.7 Å². The van der Waals surface area contributed by atoms with E-state index < -0.39 is 0 Å². The summed E-state index contributed by atoms with van der Waals surface area (Å²) in [5.41, 5.74) is 0. The van der Waals surface area contributed by atoms with Gasteiger partial charge in [-0.15, -0.1) is 0 Å². The molecule has 0 saturated carbocycles. The summed E-state index contributed by atoms with van der Waals surface area (Å²) >= 11 is 0. The number of hydrogen-bond donors (Lipinski definition) is 1. The summed E-state index contributed by atoms with van der Waals surface area (Å²) in [5, 5.41) is 3.47. The Bertz CT molecular complexity index is 178. The van der Waals surface area contributed by atoms with E-state index in [1.807, 2.05) is 0 Å². The SMILES string of the molecule is CC(C)CC(C)N(C)CCCCCCNC(C)C. The summed E-state index contributed by atoms with van der Waals surface area (Å²) in [7, 11) is 2.27. The Kier molecular flexibility index (Phi) is 10.8. The van der Waals surface area contributed by atoms with Crippen molar-refractivity contribution in [3.8, 4) is 0 Å². The number of nitrogens with zero attached hydrogens (tertiary/aromatic N) is 1. The summed E-state index contributed by atoms with van der Waals surface area (Å²) in [6, 6.07) is 1.36. The van der Waals surface area contributed by atoms with Crippen molar-refractivity contribution in [3.05, 3.63) is 0 Å². The van der Waals surface area contributed by atoms with Gasteiger partial charge in [0, 0.05) is 12.1 Å². The highest BCUT2D eigenvalue weighted by Gasteiger charge is 2.09. The van der Waals surface area contributed by atoms with Crippen molar-refractivity contribution in [2.45, 2.75) is 78.8 Å². The Balaban J connectivity index is 3.37. The van der Waals surface area contributed by atoms with Gasteiger partial charge in [0.05, 0.1) is 0 Å². The van der Waals surface area contributed by atoms with Gasteiger partial charge in [0.2, 0.25) is 0 Å². The van der Waals surface area contributed by atoms with Crippen molar-refractivity contribution in [2.75, 3.05) is 20.1 Å². The fraction of sp³-hybridized carbons (Fsp3) is 1.00. The molecule has 0 rings (SSSR count). The van der Waals surface area contributed by atoms with Crippen molar-refractivity contribution in [1.29, 1.82) is 0 Å². The van der Waals surface area contributed by atoms with E-state index in [0.29, 0.717) is 6.04 Å². The third-order valence-electron chi connectivity index (χ3n) is 3.56. The zero-order valence-corrected chi connectivity index (χ0v) is 13.6. The zero-order valence-electron chi connectivity index (χ0n) is 13.6. The Morgan fingerprint density at radius 2 is 1.50 bits per heavy atom. The number of hydrogen-bond acceptors (Lipinski definition) is 2. The minimum atomic E-state index is 0.632. The van der Waals surface area contributed by atoms with E-state index in [9.17, 15) is 0 Å². The van der Waals surface area contributed by atoms with E-state index >= 15 is 0 Å². The predicted octanol–water partition coefficient (Wildman–Crippen LogP) is 3.91. The fourth-order valence-electron chi connectivity index (χ4n) is 2.31. The number of rotatable bonds is 11. The van der Waals surface area contributed by atoms with Crippen molar-refractivity contribution in [2.24, 2.45) is 5.92 Å². The van der Waals surface area contributed by atoms with E-state index in [1.54, 1.807) is 0 Å². The molecule has 0 aliphatic rings. The predicted molar refractivity (Wildman–Crippen MR) is 83.2 cm³/mol. The van der Waals surface area contributed by atoms with Gasteiger partial charge in [0.25, 0.3) is 0 Å². The molecule has 110 valence electrons. The van der Waals surface area contributed by atoms with Gasteiger partial charge in [-0.1, -0.05) is 40.5 Å². The van der Waals surface area contributed by atoms with Crippen LogP contribution in [0, 0.1) is 5.92 Å². The van der Waals surface area contributed by atoms with Crippen LogP contribution in [0.15, 0.2) is 0 Å². The lowest BCUT2D eigenvalue weighted by Crippen LogP contribution is -2.31. The first-order chi connectivity index (χ1) is 8.43. The summed E-state index contributed by atoms with van der Waals surface area (Å²) < 4.78 is 0. The van der Waals surface area contributed by atoms with Gasteiger partial charge in [-0.05, 0) is 52.2 Å². The quantitative estimate of drug-likeness (QED) is 0.564. The maximum atomic E-state index is 3.47. The molecule has 0 amide bonds. The second-order valence-electron chi connectivity index (χ2n) is 6.48. The molecule has 1 unspecified atom stereocenters. The highest BCUT2D eigenvalue weighted by atomic mass is 15.1. The molecular weight excluding hydrogens is 220 g/mol. The first kappa shape index (κ1) is 17.9. The van der Waals surface area contributed by atoms with E-state index in [1.165, 1.54) is 45.2 Å². The second kappa shape index (κ2) is 10.8. The lowest BCUT2D eigenvalue weighted by atomic mass is 10.0. The molecule has 2 nitrogen and oxygen atoms in total. The largest absolute Gasteiger partial charge is 0.315 e. The van der Waals surface area contributed by atoms with Gasteiger partial charge >= 0.3 is 0 Å². The molecule has 0 aromatic rings. The summed E-state index contributed by atoms with van der Waals surface area (Å²) in [6.45, 7) is 13.8. The minimum Gasteiger partial charge on any atom is -0.315 e. The van der Waals surface area contributed by atoms with Crippen molar-refractivity contribution in [3.63, 3.8) is 0 Å². The summed E-state index contributed by atoms with van der Waals surface area (Å²) in [6.07, 6.45) is 6.73. The first-order valence-electron chi connectivity index (χ1n) is 7.87. The summed E-state index contributed by atoms with van der Waals surface area (Å²) in [5.74, 6) is 0.810. The van der Waals surface area contributed by atoms with E-state index in [2.05, 4.69) is 51.9 Å². The Morgan fingerprint density at radius 1 is 0.889 bits per heavy atom. The van der Waals surface area contributed by atoms with Gasteiger partial charge in [-0.25, -0.2) is 0 Å². The molecule has 2 heteroatoms. The van der Waals surface area contributed by atoms with Gasteiger partial charge in [-0.2, -0.15) is 0 Å². The third-order valence-corrected chi connectivity index (χ3v) is 3.56. The average molecular weight is 256 g/mol. The van der Waals surface area contributed by atoms with Crippen molar-refractivity contribution < 1.29 is 0 Å². The molecule has 0 saturated heterocycles. The molecule has 18 heavy (non-hydrogen) atoms. The molecule has 1 atom stereocenters. The molecule has 0 aromatic heterocycles. The molecular formula is C16H36N2. The molecule has 0 spiro atoms. The van der Waals surface area contributed by atoms with Crippen molar-refractivity contribution >= 4 is 0 Å². The number of nitrogens with one attached hydrogen (secondary N) is 1.